The molecule has 0 radical (unpaired) electrons. The number of halogens is 1. The van der Waals surface area contributed by atoms with Crippen LogP contribution >= 0.6 is 22.9 Å². The van der Waals surface area contributed by atoms with Gasteiger partial charge in [0.2, 0.25) is 5.91 Å². The second-order valence-electron chi connectivity index (χ2n) is 6.58. The average molecular weight is 376 g/mol. The first kappa shape index (κ1) is 17.2. The summed E-state index contributed by atoms with van der Waals surface area (Å²) >= 11 is 7.10. The predicted molar refractivity (Wildman–Crippen MR) is 93.5 cm³/mol. The van der Waals surface area contributed by atoms with Crippen LogP contribution in [0.4, 0.5) is 0 Å². The van der Waals surface area contributed by atoms with E-state index in [4.69, 9.17) is 11.6 Å². The summed E-state index contributed by atoms with van der Waals surface area (Å²) in [5.74, 6) is -0.131. The summed E-state index contributed by atoms with van der Waals surface area (Å²) in [7, 11) is -3.45. The third-order valence-corrected chi connectivity index (χ3v) is 7.75. The number of likely N-dealkylation sites (tertiary alicyclic amines) is 1. The largest absolute Gasteiger partial charge is 0.339 e. The number of nitrogens with zero attached hydrogens (tertiary/aromatic N) is 1. The maximum absolute atomic E-state index is 12.6. The number of carbonyl (C=O) groups is 1. The van der Waals surface area contributed by atoms with Crippen LogP contribution in [0.15, 0.2) is 12.1 Å². The average Bonchev–Trinajstić information content (AvgIpc) is 2.90. The van der Waals surface area contributed by atoms with Gasteiger partial charge in [-0.05, 0) is 43.7 Å². The molecule has 4 nitrogen and oxygen atoms in total. The molecule has 0 unspecified atom stereocenters. The molecule has 2 fully saturated rings. The number of thiophene rings is 1. The van der Waals surface area contributed by atoms with Crippen molar-refractivity contribution < 1.29 is 13.2 Å². The highest BCUT2D eigenvalue weighted by Crippen LogP contribution is 2.35. The van der Waals surface area contributed by atoms with Crippen LogP contribution in [-0.4, -0.2) is 37.6 Å². The Morgan fingerprint density at radius 3 is 2.70 bits per heavy atom. The van der Waals surface area contributed by atoms with Gasteiger partial charge in [-0.25, -0.2) is 8.42 Å². The number of piperidine rings is 1. The van der Waals surface area contributed by atoms with Crippen LogP contribution in [0.2, 0.25) is 4.34 Å². The molecule has 1 saturated heterocycles. The SMILES string of the molecule is O=C(CS(=O)(=O)Cc1ccc(Cl)s1)N1CCC[C@@H]2CCCC[C@@H]21. The van der Waals surface area contributed by atoms with Crippen molar-refractivity contribution in [2.75, 3.05) is 12.3 Å². The molecular weight excluding hydrogens is 354 g/mol. The Balaban J connectivity index is 1.65. The highest BCUT2D eigenvalue weighted by atomic mass is 35.5. The molecule has 1 aromatic rings. The first-order valence-electron chi connectivity index (χ1n) is 8.19. The van der Waals surface area contributed by atoms with Crippen molar-refractivity contribution in [2.45, 2.75) is 50.3 Å². The van der Waals surface area contributed by atoms with Gasteiger partial charge in [-0.15, -0.1) is 11.3 Å². The fourth-order valence-corrected chi connectivity index (χ4v) is 6.73. The summed E-state index contributed by atoms with van der Waals surface area (Å²) in [6.07, 6.45) is 6.75. The molecule has 0 N–H and O–H groups in total. The molecule has 1 aliphatic carbocycles. The van der Waals surface area contributed by atoms with Gasteiger partial charge in [-0.1, -0.05) is 24.4 Å². The summed E-state index contributed by atoms with van der Waals surface area (Å²) in [6.45, 7) is 0.709. The van der Waals surface area contributed by atoms with Crippen molar-refractivity contribution in [1.82, 2.24) is 4.90 Å². The van der Waals surface area contributed by atoms with E-state index in [2.05, 4.69) is 0 Å². The minimum Gasteiger partial charge on any atom is -0.339 e. The third kappa shape index (κ3) is 4.28. The van der Waals surface area contributed by atoms with Crippen LogP contribution in [0.25, 0.3) is 0 Å². The molecule has 0 aromatic carbocycles. The van der Waals surface area contributed by atoms with Crippen LogP contribution in [0, 0.1) is 5.92 Å². The van der Waals surface area contributed by atoms with Crippen molar-refractivity contribution in [3.05, 3.63) is 21.3 Å². The Kier molecular flexibility index (Phi) is 5.33. The number of hydrogen-bond acceptors (Lipinski definition) is 4. The Labute approximate surface area is 146 Å². The van der Waals surface area contributed by atoms with Crippen LogP contribution in [0.5, 0.6) is 0 Å². The highest BCUT2D eigenvalue weighted by molar-refractivity contribution is 7.91. The molecule has 0 bridgehead atoms. The van der Waals surface area contributed by atoms with Gasteiger partial charge in [0, 0.05) is 17.5 Å². The van der Waals surface area contributed by atoms with Gasteiger partial charge >= 0.3 is 0 Å². The predicted octanol–water partition coefficient (Wildman–Crippen LogP) is 3.50. The monoisotopic (exact) mass is 375 g/mol. The highest BCUT2D eigenvalue weighted by Gasteiger charge is 2.36. The Morgan fingerprint density at radius 2 is 1.96 bits per heavy atom. The van der Waals surface area contributed by atoms with Gasteiger partial charge < -0.3 is 4.90 Å². The Hall–Kier alpha value is -0.590. The lowest BCUT2D eigenvalue weighted by Crippen LogP contribution is -2.51. The zero-order chi connectivity index (χ0) is 16.4. The van der Waals surface area contributed by atoms with Crippen molar-refractivity contribution in [3.63, 3.8) is 0 Å². The van der Waals surface area contributed by atoms with Crippen molar-refractivity contribution in [3.8, 4) is 0 Å². The van der Waals surface area contributed by atoms with Gasteiger partial charge in [-0.3, -0.25) is 4.79 Å². The Morgan fingerprint density at radius 1 is 1.22 bits per heavy atom. The second-order valence-corrected chi connectivity index (χ2v) is 10.4. The molecule has 0 spiro atoms. The van der Waals surface area contributed by atoms with Crippen LogP contribution in [-0.2, 0) is 20.4 Å². The molecule has 1 aliphatic heterocycles. The molecule has 2 aliphatic rings. The standard InChI is InChI=1S/C16H22ClNO3S2/c17-15-8-7-13(22-15)10-23(20,21)11-16(19)18-9-3-5-12-4-1-2-6-14(12)18/h7-8,12,14H,1-6,9-11H2/t12-,14-/m0/s1. The van der Waals surface area contributed by atoms with Gasteiger partial charge in [0.1, 0.15) is 5.75 Å². The zero-order valence-corrected chi connectivity index (χ0v) is 15.4. The first-order valence-corrected chi connectivity index (χ1v) is 11.2. The zero-order valence-electron chi connectivity index (χ0n) is 13.0. The van der Waals surface area contributed by atoms with E-state index < -0.39 is 9.84 Å². The number of rotatable bonds is 4. The maximum atomic E-state index is 12.6. The molecule has 1 aromatic heterocycles. The van der Waals surface area contributed by atoms with E-state index in [-0.39, 0.29) is 23.5 Å². The number of hydrogen-bond donors (Lipinski definition) is 0. The van der Waals surface area contributed by atoms with E-state index in [1.54, 1.807) is 12.1 Å². The normalized spacial score (nSPS) is 25.2. The van der Waals surface area contributed by atoms with Crippen LogP contribution in [0.3, 0.4) is 0 Å². The summed E-state index contributed by atoms with van der Waals surface area (Å²) in [5, 5.41) is 0. The molecule has 1 amide bonds. The molecule has 23 heavy (non-hydrogen) atoms. The molecule has 3 rings (SSSR count). The van der Waals surface area contributed by atoms with Crippen molar-refractivity contribution >= 4 is 38.7 Å². The number of fused-ring (bicyclic) bond motifs is 1. The molecule has 2 heterocycles. The summed E-state index contributed by atoms with van der Waals surface area (Å²) in [4.78, 5) is 15.1. The summed E-state index contributed by atoms with van der Waals surface area (Å²) in [5.41, 5.74) is 0. The minimum absolute atomic E-state index is 0.0991. The van der Waals surface area contributed by atoms with Crippen LogP contribution in [0.1, 0.15) is 43.4 Å². The van der Waals surface area contributed by atoms with Gasteiger partial charge in [0.15, 0.2) is 9.84 Å². The van der Waals surface area contributed by atoms with E-state index >= 15 is 0 Å². The topological polar surface area (TPSA) is 54.5 Å². The fourth-order valence-electron chi connectivity index (χ4n) is 3.90. The van der Waals surface area contributed by atoms with E-state index in [9.17, 15) is 13.2 Å². The van der Waals surface area contributed by atoms with Gasteiger partial charge in [0.25, 0.3) is 0 Å². The molecule has 128 valence electrons. The van der Waals surface area contributed by atoms with Crippen molar-refractivity contribution in [2.24, 2.45) is 5.92 Å². The van der Waals surface area contributed by atoms with Gasteiger partial charge in [-0.2, -0.15) is 0 Å². The fraction of sp³-hybridized carbons (Fsp3) is 0.688. The third-order valence-electron chi connectivity index (χ3n) is 4.90. The number of sulfone groups is 1. The van der Waals surface area contributed by atoms with E-state index in [0.29, 0.717) is 21.7 Å². The van der Waals surface area contributed by atoms with Gasteiger partial charge in [0.05, 0.1) is 10.1 Å². The van der Waals surface area contributed by atoms with E-state index in [0.717, 1.165) is 19.3 Å². The second kappa shape index (κ2) is 7.11. The summed E-state index contributed by atoms with van der Waals surface area (Å²) in [6, 6.07) is 3.67. The van der Waals surface area contributed by atoms with Crippen LogP contribution < -0.4 is 0 Å². The molecular formula is C16H22ClNO3S2. The molecule has 1 saturated carbocycles. The number of amides is 1. The lowest BCUT2D eigenvalue weighted by atomic mass is 9.78. The molecule has 7 heteroatoms. The smallest absolute Gasteiger partial charge is 0.238 e. The lowest BCUT2D eigenvalue weighted by Gasteiger charge is -2.44. The summed E-state index contributed by atoms with van der Waals surface area (Å²) < 4.78 is 25.2. The molecule has 2 atom stereocenters. The maximum Gasteiger partial charge on any atom is 0.238 e. The quantitative estimate of drug-likeness (QED) is 0.809. The minimum atomic E-state index is -3.45. The number of carbonyl (C=O) groups excluding carboxylic acids is 1. The van der Waals surface area contributed by atoms with E-state index in [1.165, 1.54) is 30.6 Å². The van der Waals surface area contributed by atoms with E-state index in [1.807, 2.05) is 4.90 Å². The first-order chi connectivity index (χ1) is 10.9. The Bertz CT molecular complexity index is 669. The van der Waals surface area contributed by atoms with Crippen molar-refractivity contribution in [1.29, 1.82) is 0 Å². The lowest BCUT2D eigenvalue weighted by molar-refractivity contribution is -0.134.